The molecule has 0 bridgehead atoms. The van der Waals surface area contributed by atoms with Gasteiger partial charge in [0.2, 0.25) is 0 Å². The number of benzene rings is 2. The molecule has 0 atom stereocenters. The molecule has 4 fully saturated rings. The number of rotatable bonds is 8. The average Bonchev–Trinajstić information content (AvgIpc) is 3.48. The fourth-order valence-corrected chi connectivity index (χ4v) is 6.77. The Labute approximate surface area is 234 Å². The summed E-state index contributed by atoms with van der Waals surface area (Å²) in [6, 6.07) is 16.0. The number of hydrogen-bond donors (Lipinski definition) is 0. The molecule has 2 aromatic carbocycles. The lowest BCUT2D eigenvalue weighted by atomic mass is 9.87. The Bertz CT molecular complexity index is 1320. The molecule has 3 aromatic rings. The standard InChI is InChI=1S/C33H44N6/c1-33(14-15-33)32-34-29-11-10-26(36(2)22-23-37-16-5-6-17-37)24-28(29)31(35-32)39-20-12-25(13-21-39)27-8-3-4-9-30(27)38-18-7-19-38/h3-4,8-11,24-25H,5-7,12-23H2,1-2H3. The monoisotopic (exact) mass is 524 g/mol. The molecule has 206 valence electrons. The molecule has 39 heavy (non-hydrogen) atoms. The van der Waals surface area contributed by atoms with Crippen LogP contribution in [0, 0.1) is 0 Å². The number of likely N-dealkylation sites (tertiary alicyclic amines) is 1. The number of para-hydroxylation sites is 1. The Balaban J connectivity index is 1.14. The van der Waals surface area contributed by atoms with Crippen LogP contribution < -0.4 is 14.7 Å². The summed E-state index contributed by atoms with van der Waals surface area (Å²) in [4.78, 5) is 20.6. The van der Waals surface area contributed by atoms with Crippen molar-refractivity contribution in [2.75, 3.05) is 74.1 Å². The van der Waals surface area contributed by atoms with E-state index in [1.54, 1.807) is 5.56 Å². The topological polar surface area (TPSA) is 38.7 Å². The van der Waals surface area contributed by atoms with Crippen LogP contribution in [0.4, 0.5) is 17.2 Å². The van der Waals surface area contributed by atoms with Crippen LogP contribution >= 0.6 is 0 Å². The Morgan fingerprint density at radius 3 is 2.36 bits per heavy atom. The van der Waals surface area contributed by atoms with Crippen LogP contribution in [0.1, 0.15) is 69.2 Å². The van der Waals surface area contributed by atoms with E-state index in [-0.39, 0.29) is 5.41 Å². The minimum Gasteiger partial charge on any atom is -0.373 e. The van der Waals surface area contributed by atoms with E-state index in [0.717, 1.165) is 43.3 Å². The highest BCUT2D eigenvalue weighted by atomic mass is 15.2. The van der Waals surface area contributed by atoms with Crippen LogP contribution in [0.25, 0.3) is 10.9 Å². The van der Waals surface area contributed by atoms with Gasteiger partial charge in [-0.1, -0.05) is 25.1 Å². The van der Waals surface area contributed by atoms with Crippen molar-refractivity contribution in [3.63, 3.8) is 0 Å². The van der Waals surface area contributed by atoms with E-state index < -0.39 is 0 Å². The first-order valence-electron chi connectivity index (χ1n) is 15.4. The van der Waals surface area contributed by atoms with Crippen LogP contribution in [-0.4, -0.2) is 74.3 Å². The maximum absolute atomic E-state index is 5.31. The van der Waals surface area contributed by atoms with Gasteiger partial charge in [0.05, 0.1) is 5.52 Å². The van der Waals surface area contributed by atoms with Gasteiger partial charge in [-0.15, -0.1) is 0 Å². The van der Waals surface area contributed by atoms with Crippen LogP contribution in [-0.2, 0) is 5.41 Å². The smallest absolute Gasteiger partial charge is 0.140 e. The molecular weight excluding hydrogens is 480 g/mol. The highest BCUT2D eigenvalue weighted by Gasteiger charge is 2.43. The van der Waals surface area contributed by atoms with Gasteiger partial charge >= 0.3 is 0 Å². The van der Waals surface area contributed by atoms with E-state index in [1.165, 1.54) is 87.9 Å². The van der Waals surface area contributed by atoms with E-state index in [1.807, 2.05) is 0 Å². The van der Waals surface area contributed by atoms with Crippen molar-refractivity contribution in [1.29, 1.82) is 0 Å². The summed E-state index contributed by atoms with van der Waals surface area (Å²) in [5.74, 6) is 2.83. The first-order chi connectivity index (χ1) is 19.1. The van der Waals surface area contributed by atoms with Gasteiger partial charge in [-0.25, -0.2) is 9.97 Å². The summed E-state index contributed by atoms with van der Waals surface area (Å²) < 4.78 is 0. The fraction of sp³-hybridized carbons (Fsp3) is 0.576. The first-order valence-corrected chi connectivity index (χ1v) is 15.4. The average molecular weight is 525 g/mol. The maximum Gasteiger partial charge on any atom is 0.140 e. The summed E-state index contributed by atoms with van der Waals surface area (Å²) in [6.07, 6.45) is 8.78. The number of piperidine rings is 1. The first kappa shape index (κ1) is 25.1. The zero-order chi connectivity index (χ0) is 26.4. The molecular formula is C33H44N6. The van der Waals surface area contributed by atoms with E-state index in [9.17, 15) is 0 Å². The van der Waals surface area contributed by atoms with Gasteiger partial charge in [-0.3, -0.25) is 0 Å². The minimum atomic E-state index is 0.155. The van der Waals surface area contributed by atoms with Crippen LogP contribution in [0.2, 0.25) is 0 Å². The molecule has 0 spiro atoms. The highest BCUT2D eigenvalue weighted by molar-refractivity contribution is 5.92. The van der Waals surface area contributed by atoms with E-state index in [2.05, 4.69) is 76.0 Å². The number of nitrogens with zero attached hydrogens (tertiary/aromatic N) is 6. The lowest BCUT2D eigenvalue weighted by Gasteiger charge is -2.39. The molecule has 0 unspecified atom stereocenters. The molecule has 3 aliphatic heterocycles. The number of hydrogen-bond acceptors (Lipinski definition) is 6. The Hall–Kier alpha value is -2.86. The zero-order valence-electron chi connectivity index (χ0n) is 23.9. The summed E-state index contributed by atoms with van der Waals surface area (Å²) in [5, 5.41) is 1.22. The minimum absolute atomic E-state index is 0.155. The van der Waals surface area contributed by atoms with E-state index in [4.69, 9.17) is 9.97 Å². The van der Waals surface area contributed by atoms with Crippen molar-refractivity contribution in [3.8, 4) is 0 Å². The second kappa shape index (κ2) is 10.3. The molecule has 1 aliphatic carbocycles. The number of likely N-dealkylation sites (N-methyl/N-ethyl adjacent to an activating group) is 1. The third kappa shape index (κ3) is 4.97. The van der Waals surface area contributed by atoms with Gasteiger partial charge in [0.1, 0.15) is 11.6 Å². The predicted octanol–water partition coefficient (Wildman–Crippen LogP) is 5.81. The predicted molar refractivity (Wildman–Crippen MR) is 163 cm³/mol. The molecule has 4 aliphatic rings. The molecule has 6 nitrogen and oxygen atoms in total. The van der Waals surface area contributed by atoms with Gasteiger partial charge in [0.25, 0.3) is 0 Å². The number of fused-ring (bicyclic) bond motifs is 1. The molecule has 1 saturated carbocycles. The second-order valence-corrected chi connectivity index (χ2v) is 12.8. The molecule has 1 aromatic heterocycles. The fourth-order valence-electron chi connectivity index (χ4n) is 6.77. The third-order valence-electron chi connectivity index (χ3n) is 9.96. The Morgan fingerprint density at radius 2 is 1.64 bits per heavy atom. The van der Waals surface area contributed by atoms with Crippen molar-refractivity contribution in [3.05, 3.63) is 53.9 Å². The molecule has 3 saturated heterocycles. The van der Waals surface area contributed by atoms with Crippen LogP contribution in [0.15, 0.2) is 42.5 Å². The van der Waals surface area contributed by atoms with Crippen molar-refractivity contribution < 1.29 is 0 Å². The molecule has 0 radical (unpaired) electrons. The third-order valence-corrected chi connectivity index (χ3v) is 9.96. The molecule has 4 heterocycles. The molecule has 6 heteroatoms. The normalized spacial score (nSPS) is 21.4. The van der Waals surface area contributed by atoms with Crippen molar-refractivity contribution >= 4 is 28.1 Å². The van der Waals surface area contributed by atoms with Gasteiger partial charge in [-0.05, 0) is 93.8 Å². The number of aromatic nitrogens is 2. The van der Waals surface area contributed by atoms with E-state index >= 15 is 0 Å². The second-order valence-electron chi connectivity index (χ2n) is 12.8. The van der Waals surface area contributed by atoms with Crippen molar-refractivity contribution in [2.24, 2.45) is 0 Å². The van der Waals surface area contributed by atoms with Gasteiger partial charge in [0.15, 0.2) is 0 Å². The quantitative estimate of drug-likeness (QED) is 0.370. The van der Waals surface area contributed by atoms with Crippen molar-refractivity contribution in [1.82, 2.24) is 14.9 Å². The molecule has 0 N–H and O–H groups in total. The molecule has 0 amide bonds. The lowest BCUT2D eigenvalue weighted by molar-refractivity contribution is 0.346. The zero-order valence-corrected chi connectivity index (χ0v) is 23.9. The largest absolute Gasteiger partial charge is 0.373 e. The summed E-state index contributed by atoms with van der Waals surface area (Å²) in [6.45, 7) is 11.6. The van der Waals surface area contributed by atoms with Gasteiger partial charge < -0.3 is 19.6 Å². The lowest BCUT2D eigenvalue weighted by Crippen LogP contribution is -2.39. The van der Waals surface area contributed by atoms with Gasteiger partial charge in [0, 0.05) is 68.5 Å². The SMILES string of the molecule is CN(CCN1CCCC1)c1ccc2nc(C3(C)CC3)nc(N3CCC(c4ccccc4N4CCC4)CC3)c2c1. The van der Waals surface area contributed by atoms with Gasteiger partial charge in [-0.2, -0.15) is 0 Å². The Morgan fingerprint density at radius 1 is 0.872 bits per heavy atom. The van der Waals surface area contributed by atoms with E-state index in [0.29, 0.717) is 5.92 Å². The summed E-state index contributed by atoms with van der Waals surface area (Å²) in [5.41, 5.74) is 5.56. The summed E-state index contributed by atoms with van der Waals surface area (Å²) >= 11 is 0. The number of anilines is 3. The highest BCUT2D eigenvalue weighted by Crippen LogP contribution is 2.47. The maximum atomic E-state index is 5.31. The molecule has 7 rings (SSSR count). The van der Waals surface area contributed by atoms with Crippen LogP contribution in [0.5, 0.6) is 0 Å². The summed E-state index contributed by atoms with van der Waals surface area (Å²) in [7, 11) is 2.23. The Kier molecular flexibility index (Phi) is 6.62. The van der Waals surface area contributed by atoms with Crippen molar-refractivity contribution in [2.45, 2.75) is 63.2 Å². The van der Waals surface area contributed by atoms with Crippen LogP contribution in [0.3, 0.4) is 0 Å².